The number of hydrogen-bond acceptors (Lipinski definition) is 2. The molecule has 1 aliphatic rings. The van der Waals surface area contributed by atoms with E-state index in [0.29, 0.717) is 6.42 Å². The fourth-order valence-corrected chi connectivity index (χ4v) is 1.64. The Kier molecular flexibility index (Phi) is 2.50. The van der Waals surface area contributed by atoms with Crippen LogP contribution in [0.4, 0.5) is 0 Å². The van der Waals surface area contributed by atoms with Crippen LogP contribution in [0, 0.1) is 0 Å². The van der Waals surface area contributed by atoms with Crippen LogP contribution >= 0.6 is 0 Å². The molecule has 0 bridgehead atoms. The third-order valence-corrected chi connectivity index (χ3v) is 2.48. The van der Waals surface area contributed by atoms with E-state index in [0.717, 1.165) is 12.1 Å². The Balaban J connectivity index is 2.17. The molecule has 1 atom stereocenters. The maximum absolute atomic E-state index is 11.3. The average Bonchev–Trinajstić information content (AvgIpc) is 2.24. The molecule has 1 aromatic carbocycles. The Labute approximate surface area is 83.3 Å². The van der Waals surface area contributed by atoms with E-state index in [-0.39, 0.29) is 12.1 Å². The molecule has 1 unspecified atom stereocenters. The third kappa shape index (κ3) is 1.51. The lowest BCUT2D eigenvalue weighted by molar-refractivity contribution is -0.157. The van der Waals surface area contributed by atoms with Gasteiger partial charge in [0, 0.05) is 25.6 Å². The molecule has 0 N–H and O–H groups in total. The fourth-order valence-electron chi connectivity index (χ4n) is 1.64. The Bertz CT molecular complexity index is 323. The molecule has 2 rings (SSSR count). The summed E-state index contributed by atoms with van der Waals surface area (Å²) >= 11 is 0. The Morgan fingerprint density at radius 3 is 2.50 bits per heavy atom. The Morgan fingerprint density at radius 1 is 1.36 bits per heavy atom. The highest BCUT2D eigenvalue weighted by atomic mass is 16.5. The lowest BCUT2D eigenvalue weighted by atomic mass is 10.1. The maximum Gasteiger partial charge on any atom is 0.226 e. The zero-order valence-electron chi connectivity index (χ0n) is 8.14. The molecule has 1 amide bonds. The van der Waals surface area contributed by atoms with Crippen molar-refractivity contribution in [3.05, 3.63) is 35.9 Å². The largest absolute Gasteiger partial charge is 0.357 e. The summed E-state index contributed by atoms with van der Waals surface area (Å²) in [6.45, 7) is 0.798. The van der Waals surface area contributed by atoms with Gasteiger partial charge in [-0.05, 0) is 0 Å². The molecule has 1 aromatic rings. The van der Waals surface area contributed by atoms with Gasteiger partial charge in [-0.15, -0.1) is 0 Å². The number of carbonyl (C=O) groups excluding carboxylic acids is 1. The highest BCUT2D eigenvalue weighted by Gasteiger charge is 2.31. The first-order valence-electron chi connectivity index (χ1n) is 4.70. The highest BCUT2D eigenvalue weighted by molar-refractivity contribution is 5.82. The minimum atomic E-state index is -0.211. The van der Waals surface area contributed by atoms with Crippen LogP contribution in [0.2, 0.25) is 0 Å². The minimum Gasteiger partial charge on any atom is -0.357 e. The van der Waals surface area contributed by atoms with Crippen LogP contribution in [0.3, 0.4) is 0 Å². The van der Waals surface area contributed by atoms with E-state index in [9.17, 15) is 4.79 Å². The summed E-state index contributed by atoms with van der Waals surface area (Å²) in [5.41, 5.74) is 1.03. The average molecular weight is 191 g/mol. The second-order valence-electron chi connectivity index (χ2n) is 3.34. The third-order valence-electron chi connectivity index (χ3n) is 2.48. The predicted octanol–water partition coefficient (Wildman–Crippen LogP) is 1.56. The van der Waals surface area contributed by atoms with Crippen molar-refractivity contribution in [3.8, 4) is 0 Å². The quantitative estimate of drug-likeness (QED) is 0.678. The van der Waals surface area contributed by atoms with Crippen molar-refractivity contribution in [2.24, 2.45) is 0 Å². The molecule has 74 valence electrons. The number of likely N-dealkylation sites (tertiary alicyclic amines) is 1. The summed E-state index contributed by atoms with van der Waals surface area (Å²) in [6.07, 6.45) is 0.435. The van der Waals surface area contributed by atoms with Gasteiger partial charge in [-0.25, -0.2) is 0 Å². The number of ether oxygens (including phenoxy) is 1. The van der Waals surface area contributed by atoms with Gasteiger partial charge in [-0.3, -0.25) is 4.79 Å². The topological polar surface area (TPSA) is 29.5 Å². The summed E-state index contributed by atoms with van der Waals surface area (Å²) in [5, 5.41) is 0. The van der Waals surface area contributed by atoms with Crippen molar-refractivity contribution in [2.75, 3.05) is 13.7 Å². The van der Waals surface area contributed by atoms with E-state index >= 15 is 0 Å². The predicted molar refractivity (Wildman–Crippen MR) is 52.5 cm³/mol. The number of β-lactam (4-membered cyclic amide) rings is 1. The normalized spacial score (nSPS) is 17.8. The molecular formula is C11H13NO2. The number of methoxy groups -OCH3 is 1. The summed E-state index contributed by atoms with van der Waals surface area (Å²) in [4.78, 5) is 13.0. The number of nitrogens with zero attached hydrogens (tertiary/aromatic N) is 1. The van der Waals surface area contributed by atoms with Crippen molar-refractivity contribution < 1.29 is 9.53 Å². The van der Waals surface area contributed by atoms with Gasteiger partial charge in [0.15, 0.2) is 6.23 Å². The van der Waals surface area contributed by atoms with Crippen LogP contribution in [-0.2, 0) is 9.53 Å². The molecule has 1 heterocycles. The van der Waals surface area contributed by atoms with E-state index in [4.69, 9.17) is 4.74 Å². The Morgan fingerprint density at radius 2 is 2.07 bits per heavy atom. The molecule has 3 nitrogen and oxygen atoms in total. The molecule has 0 spiro atoms. The van der Waals surface area contributed by atoms with Crippen LogP contribution < -0.4 is 0 Å². The summed E-state index contributed by atoms with van der Waals surface area (Å²) in [7, 11) is 1.63. The highest BCUT2D eigenvalue weighted by Crippen LogP contribution is 2.26. The molecule has 0 aromatic heterocycles. The van der Waals surface area contributed by atoms with Gasteiger partial charge in [0.05, 0.1) is 0 Å². The number of carbonyl (C=O) groups is 1. The first-order chi connectivity index (χ1) is 6.83. The standard InChI is InChI=1S/C11H13NO2/c1-14-11(12-8-7-10(12)13)9-5-3-2-4-6-9/h2-6,11H,7-8H2,1H3. The van der Waals surface area contributed by atoms with Crippen molar-refractivity contribution >= 4 is 5.91 Å². The summed E-state index contributed by atoms with van der Waals surface area (Å²) < 4.78 is 5.32. The van der Waals surface area contributed by atoms with E-state index in [1.54, 1.807) is 12.0 Å². The SMILES string of the molecule is COC(c1ccccc1)N1CCC1=O. The number of hydrogen-bond donors (Lipinski definition) is 0. The van der Waals surface area contributed by atoms with E-state index in [1.165, 1.54) is 0 Å². The van der Waals surface area contributed by atoms with Gasteiger partial charge in [0.2, 0.25) is 5.91 Å². The lowest BCUT2D eigenvalue weighted by Gasteiger charge is -2.37. The fraction of sp³-hybridized carbons (Fsp3) is 0.364. The number of benzene rings is 1. The van der Waals surface area contributed by atoms with Crippen molar-refractivity contribution in [1.29, 1.82) is 0 Å². The molecule has 0 saturated carbocycles. The van der Waals surface area contributed by atoms with Crippen molar-refractivity contribution in [1.82, 2.24) is 4.90 Å². The second-order valence-corrected chi connectivity index (χ2v) is 3.34. The second kappa shape index (κ2) is 3.80. The summed E-state index contributed by atoms with van der Waals surface area (Å²) in [5.74, 6) is 0.167. The van der Waals surface area contributed by atoms with Gasteiger partial charge in [0.1, 0.15) is 0 Å². The minimum absolute atomic E-state index is 0.167. The number of amides is 1. The van der Waals surface area contributed by atoms with Gasteiger partial charge in [-0.1, -0.05) is 30.3 Å². The van der Waals surface area contributed by atoms with Gasteiger partial charge >= 0.3 is 0 Å². The van der Waals surface area contributed by atoms with E-state index in [2.05, 4.69) is 0 Å². The van der Waals surface area contributed by atoms with Gasteiger partial charge < -0.3 is 9.64 Å². The maximum atomic E-state index is 11.3. The van der Waals surface area contributed by atoms with Crippen LogP contribution in [0.25, 0.3) is 0 Å². The first-order valence-corrected chi connectivity index (χ1v) is 4.70. The van der Waals surface area contributed by atoms with Crippen LogP contribution in [0.1, 0.15) is 18.2 Å². The van der Waals surface area contributed by atoms with Gasteiger partial charge in [0.25, 0.3) is 0 Å². The van der Waals surface area contributed by atoms with Gasteiger partial charge in [-0.2, -0.15) is 0 Å². The zero-order chi connectivity index (χ0) is 9.97. The van der Waals surface area contributed by atoms with Crippen molar-refractivity contribution in [2.45, 2.75) is 12.6 Å². The first kappa shape index (κ1) is 9.21. The molecule has 0 radical (unpaired) electrons. The summed E-state index contributed by atoms with van der Waals surface area (Å²) in [6, 6.07) is 9.80. The molecule has 14 heavy (non-hydrogen) atoms. The van der Waals surface area contributed by atoms with Crippen LogP contribution in [0.5, 0.6) is 0 Å². The molecule has 0 aliphatic carbocycles. The molecule has 1 fully saturated rings. The molecule has 1 aliphatic heterocycles. The van der Waals surface area contributed by atoms with Crippen LogP contribution in [-0.4, -0.2) is 24.5 Å². The molecule has 3 heteroatoms. The number of rotatable bonds is 3. The van der Waals surface area contributed by atoms with E-state index < -0.39 is 0 Å². The Hall–Kier alpha value is -1.35. The van der Waals surface area contributed by atoms with Crippen molar-refractivity contribution in [3.63, 3.8) is 0 Å². The molecule has 1 saturated heterocycles. The van der Waals surface area contributed by atoms with E-state index in [1.807, 2.05) is 30.3 Å². The van der Waals surface area contributed by atoms with Crippen LogP contribution in [0.15, 0.2) is 30.3 Å². The lowest BCUT2D eigenvalue weighted by Crippen LogP contribution is -2.46. The monoisotopic (exact) mass is 191 g/mol. The smallest absolute Gasteiger partial charge is 0.226 e. The molecular weight excluding hydrogens is 178 g/mol. The zero-order valence-corrected chi connectivity index (χ0v) is 8.14.